The number of aromatic nitrogens is 3. The molecule has 0 fully saturated rings. The van der Waals surface area contributed by atoms with Crippen LogP contribution >= 0.6 is 23.2 Å². The standard InChI is InChI=1S/C10H11Cl2N3/c1-4-7-8(11)13-10-5(2)6(3)14-15(10)9(7)12/h4H2,1-3H3. The van der Waals surface area contributed by atoms with Crippen LogP contribution in [0.2, 0.25) is 10.3 Å². The summed E-state index contributed by atoms with van der Waals surface area (Å²) in [5, 5.41) is 5.35. The summed E-state index contributed by atoms with van der Waals surface area (Å²) >= 11 is 12.3. The van der Waals surface area contributed by atoms with Crippen LogP contribution in [0.15, 0.2) is 0 Å². The van der Waals surface area contributed by atoms with E-state index >= 15 is 0 Å². The molecule has 0 spiro atoms. The molecule has 15 heavy (non-hydrogen) atoms. The molecule has 0 aromatic carbocycles. The predicted molar refractivity (Wildman–Crippen MR) is 61.9 cm³/mol. The average Bonchev–Trinajstić information content (AvgIpc) is 2.46. The highest BCUT2D eigenvalue weighted by Gasteiger charge is 2.15. The summed E-state index contributed by atoms with van der Waals surface area (Å²) in [5.41, 5.74) is 3.52. The second kappa shape index (κ2) is 3.65. The summed E-state index contributed by atoms with van der Waals surface area (Å²) < 4.78 is 1.65. The SMILES string of the molecule is CCc1c(Cl)nc2c(C)c(C)nn2c1Cl. The molecule has 0 unspecified atom stereocenters. The van der Waals surface area contributed by atoms with Gasteiger partial charge in [0.1, 0.15) is 10.3 Å². The van der Waals surface area contributed by atoms with E-state index in [-0.39, 0.29) is 0 Å². The second-order valence-electron chi connectivity index (χ2n) is 3.47. The quantitative estimate of drug-likeness (QED) is 0.721. The van der Waals surface area contributed by atoms with Crippen molar-refractivity contribution >= 4 is 28.8 Å². The molecule has 80 valence electrons. The van der Waals surface area contributed by atoms with Crippen LogP contribution in [0.4, 0.5) is 0 Å². The number of nitrogens with zero attached hydrogens (tertiary/aromatic N) is 3. The number of aryl methyl sites for hydroxylation is 2. The molecule has 0 saturated heterocycles. The predicted octanol–water partition coefficient (Wildman–Crippen LogP) is 3.22. The molecular weight excluding hydrogens is 233 g/mol. The number of hydrogen-bond donors (Lipinski definition) is 0. The first kappa shape index (κ1) is 10.7. The Morgan fingerprint density at radius 3 is 2.53 bits per heavy atom. The summed E-state index contributed by atoms with van der Waals surface area (Å²) in [5.74, 6) is 0. The maximum atomic E-state index is 6.21. The van der Waals surface area contributed by atoms with Gasteiger partial charge in [-0.15, -0.1) is 0 Å². The summed E-state index contributed by atoms with van der Waals surface area (Å²) in [7, 11) is 0. The van der Waals surface area contributed by atoms with E-state index in [4.69, 9.17) is 23.2 Å². The number of rotatable bonds is 1. The molecule has 2 rings (SSSR count). The first-order valence-electron chi connectivity index (χ1n) is 4.76. The van der Waals surface area contributed by atoms with Gasteiger partial charge in [-0.1, -0.05) is 30.1 Å². The lowest BCUT2D eigenvalue weighted by molar-refractivity contribution is 0.895. The van der Waals surface area contributed by atoms with Crippen LogP contribution in [0.5, 0.6) is 0 Å². The van der Waals surface area contributed by atoms with Crippen molar-refractivity contribution < 1.29 is 0 Å². The maximum Gasteiger partial charge on any atom is 0.161 e. The Morgan fingerprint density at radius 1 is 1.27 bits per heavy atom. The van der Waals surface area contributed by atoms with Gasteiger partial charge in [0, 0.05) is 11.1 Å². The van der Waals surface area contributed by atoms with Gasteiger partial charge in [0.15, 0.2) is 5.65 Å². The number of fused-ring (bicyclic) bond motifs is 1. The summed E-state index contributed by atoms with van der Waals surface area (Å²) in [6, 6.07) is 0. The van der Waals surface area contributed by atoms with E-state index in [1.54, 1.807) is 4.52 Å². The van der Waals surface area contributed by atoms with Gasteiger partial charge in [-0.3, -0.25) is 0 Å². The number of halogens is 2. The zero-order valence-corrected chi connectivity index (χ0v) is 10.3. The molecule has 0 amide bonds. The molecule has 2 heterocycles. The molecule has 0 aliphatic carbocycles. The van der Waals surface area contributed by atoms with Crippen LogP contribution in [0.1, 0.15) is 23.7 Å². The Hall–Kier alpha value is -0.800. The van der Waals surface area contributed by atoms with Crippen LogP contribution in [-0.4, -0.2) is 14.6 Å². The van der Waals surface area contributed by atoms with Crippen molar-refractivity contribution in [1.82, 2.24) is 14.6 Å². The van der Waals surface area contributed by atoms with E-state index in [1.807, 2.05) is 20.8 Å². The summed E-state index contributed by atoms with van der Waals surface area (Å²) in [6.07, 6.45) is 0.749. The van der Waals surface area contributed by atoms with Crippen LogP contribution < -0.4 is 0 Å². The second-order valence-corrected chi connectivity index (χ2v) is 4.19. The lowest BCUT2D eigenvalue weighted by Crippen LogP contribution is -1.99. The normalized spacial score (nSPS) is 11.3. The summed E-state index contributed by atoms with van der Waals surface area (Å²) in [6.45, 7) is 5.88. The monoisotopic (exact) mass is 243 g/mol. The molecule has 0 aliphatic heterocycles. The van der Waals surface area contributed by atoms with Crippen LogP contribution in [0.25, 0.3) is 5.65 Å². The van der Waals surface area contributed by atoms with E-state index in [0.717, 1.165) is 28.9 Å². The minimum atomic E-state index is 0.470. The zero-order valence-electron chi connectivity index (χ0n) is 8.80. The third-order valence-corrected chi connectivity index (χ3v) is 3.27. The maximum absolute atomic E-state index is 6.21. The molecule has 0 radical (unpaired) electrons. The molecule has 2 aromatic rings. The lowest BCUT2D eigenvalue weighted by Gasteiger charge is -2.05. The van der Waals surface area contributed by atoms with Gasteiger partial charge >= 0.3 is 0 Å². The Balaban J connectivity index is 2.90. The molecular formula is C10H11Cl2N3. The van der Waals surface area contributed by atoms with Gasteiger partial charge in [0.25, 0.3) is 0 Å². The largest absolute Gasteiger partial charge is 0.216 e. The fourth-order valence-corrected chi connectivity index (χ4v) is 2.22. The number of hydrogen-bond acceptors (Lipinski definition) is 2. The first-order valence-corrected chi connectivity index (χ1v) is 5.51. The zero-order chi connectivity index (χ0) is 11.2. The van der Waals surface area contributed by atoms with Gasteiger partial charge in [-0.25, -0.2) is 9.50 Å². The Kier molecular flexibility index (Phi) is 2.61. The molecule has 0 bridgehead atoms. The molecule has 5 heteroatoms. The third-order valence-electron chi connectivity index (χ3n) is 2.57. The average molecular weight is 244 g/mol. The van der Waals surface area contributed by atoms with E-state index < -0.39 is 0 Å². The molecule has 0 atom stereocenters. The minimum Gasteiger partial charge on any atom is -0.216 e. The molecule has 0 aliphatic rings. The van der Waals surface area contributed by atoms with E-state index in [1.165, 1.54) is 0 Å². The van der Waals surface area contributed by atoms with Gasteiger partial charge in [0.05, 0.1) is 5.69 Å². The first-order chi connectivity index (χ1) is 7.06. The smallest absolute Gasteiger partial charge is 0.161 e. The van der Waals surface area contributed by atoms with E-state index in [0.29, 0.717) is 10.3 Å². The summed E-state index contributed by atoms with van der Waals surface area (Å²) in [4.78, 5) is 4.31. The Morgan fingerprint density at radius 2 is 1.93 bits per heavy atom. The lowest BCUT2D eigenvalue weighted by atomic mass is 10.2. The van der Waals surface area contributed by atoms with Gasteiger partial charge in [-0.05, 0) is 20.3 Å². The van der Waals surface area contributed by atoms with Crippen LogP contribution in [0.3, 0.4) is 0 Å². The fourth-order valence-electron chi connectivity index (χ4n) is 1.53. The third kappa shape index (κ3) is 1.50. The van der Waals surface area contributed by atoms with Crippen molar-refractivity contribution in [2.24, 2.45) is 0 Å². The molecule has 0 N–H and O–H groups in total. The fraction of sp³-hybridized carbons (Fsp3) is 0.400. The Labute approximate surface area is 98.0 Å². The highest BCUT2D eigenvalue weighted by atomic mass is 35.5. The molecule has 2 aromatic heterocycles. The van der Waals surface area contributed by atoms with E-state index in [2.05, 4.69) is 10.1 Å². The van der Waals surface area contributed by atoms with Gasteiger partial charge < -0.3 is 0 Å². The molecule has 3 nitrogen and oxygen atoms in total. The van der Waals surface area contributed by atoms with Crippen molar-refractivity contribution in [3.05, 3.63) is 27.1 Å². The van der Waals surface area contributed by atoms with Crippen molar-refractivity contribution in [3.8, 4) is 0 Å². The van der Waals surface area contributed by atoms with Crippen molar-refractivity contribution in [2.45, 2.75) is 27.2 Å². The molecule has 0 saturated carbocycles. The van der Waals surface area contributed by atoms with Crippen molar-refractivity contribution in [1.29, 1.82) is 0 Å². The Bertz CT molecular complexity index is 531. The van der Waals surface area contributed by atoms with Gasteiger partial charge in [0.2, 0.25) is 0 Å². The minimum absolute atomic E-state index is 0.470. The van der Waals surface area contributed by atoms with E-state index in [9.17, 15) is 0 Å². The highest BCUT2D eigenvalue weighted by Crippen LogP contribution is 2.26. The highest BCUT2D eigenvalue weighted by molar-refractivity contribution is 6.34. The van der Waals surface area contributed by atoms with Crippen molar-refractivity contribution in [3.63, 3.8) is 0 Å². The van der Waals surface area contributed by atoms with Crippen LogP contribution in [0, 0.1) is 13.8 Å². The van der Waals surface area contributed by atoms with Crippen molar-refractivity contribution in [2.75, 3.05) is 0 Å². The van der Waals surface area contributed by atoms with Crippen LogP contribution in [-0.2, 0) is 6.42 Å². The van der Waals surface area contributed by atoms with Gasteiger partial charge in [-0.2, -0.15) is 5.10 Å². The topological polar surface area (TPSA) is 30.2 Å².